The molecule has 0 fully saturated rings. The van der Waals surface area contributed by atoms with Crippen LogP contribution in [0, 0.1) is 0 Å². The zero-order chi connectivity index (χ0) is 24.9. The van der Waals surface area contributed by atoms with Gasteiger partial charge in [0, 0.05) is 34.3 Å². The monoisotopic (exact) mass is 496 g/mol. The van der Waals surface area contributed by atoms with Gasteiger partial charge in [0.2, 0.25) is 0 Å². The molecule has 0 saturated carbocycles. The molecule has 5 aromatic rings. The third-order valence-corrected chi connectivity index (χ3v) is 6.14. The number of ether oxygens (including phenoxy) is 2. The molecule has 178 valence electrons. The second-order valence-corrected chi connectivity index (χ2v) is 8.56. The van der Waals surface area contributed by atoms with E-state index in [0.29, 0.717) is 27.3 Å². The summed E-state index contributed by atoms with van der Waals surface area (Å²) < 4.78 is 10.5. The lowest BCUT2D eigenvalue weighted by Crippen LogP contribution is -2.21. The van der Waals surface area contributed by atoms with Gasteiger partial charge in [-0.05, 0) is 48.5 Å². The van der Waals surface area contributed by atoms with Crippen LogP contribution in [0.1, 0.15) is 10.4 Å². The number of nitrogens with zero attached hydrogens (tertiary/aromatic N) is 3. The molecule has 0 aliphatic heterocycles. The predicted octanol–water partition coefficient (Wildman–Crippen LogP) is 5.22. The van der Waals surface area contributed by atoms with Crippen LogP contribution in [0.4, 0.5) is 5.13 Å². The van der Waals surface area contributed by atoms with Gasteiger partial charge in [0.25, 0.3) is 5.91 Å². The highest BCUT2D eigenvalue weighted by Crippen LogP contribution is 2.27. The Morgan fingerprint density at radius 2 is 1.67 bits per heavy atom. The van der Waals surface area contributed by atoms with Crippen molar-refractivity contribution in [2.75, 3.05) is 19.0 Å². The summed E-state index contributed by atoms with van der Waals surface area (Å²) in [6.07, 6.45) is 3.32. The van der Waals surface area contributed by atoms with Gasteiger partial charge < -0.3 is 9.47 Å². The minimum Gasteiger partial charge on any atom is -0.497 e. The van der Waals surface area contributed by atoms with E-state index in [1.807, 2.05) is 60.0 Å². The minimum atomic E-state index is -0.614. The molecule has 2 aromatic carbocycles. The van der Waals surface area contributed by atoms with E-state index in [1.165, 1.54) is 11.3 Å². The SMILES string of the molecule is COc1ccc(-c2csc(NC(=O)COC(=O)c3cc(-c4ccncc4)nc4ccccc34)n2)cc1. The fourth-order valence-electron chi connectivity index (χ4n) is 3.60. The lowest BCUT2D eigenvalue weighted by molar-refractivity contribution is -0.119. The number of methoxy groups -OCH3 is 1. The summed E-state index contributed by atoms with van der Waals surface area (Å²) in [6, 6.07) is 20.1. The summed E-state index contributed by atoms with van der Waals surface area (Å²) in [4.78, 5) is 38.6. The average molecular weight is 497 g/mol. The Kier molecular flexibility index (Phi) is 6.63. The molecule has 1 N–H and O–H groups in total. The molecule has 36 heavy (non-hydrogen) atoms. The first-order valence-corrected chi connectivity index (χ1v) is 11.9. The van der Waals surface area contributed by atoms with Crippen molar-refractivity contribution in [2.24, 2.45) is 0 Å². The van der Waals surface area contributed by atoms with Crippen LogP contribution >= 0.6 is 11.3 Å². The van der Waals surface area contributed by atoms with E-state index in [9.17, 15) is 9.59 Å². The van der Waals surface area contributed by atoms with Gasteiger partial charge >= 0.3 is 5.97 Å². The number of aromatic nitrogens is 3. The molecule has 0 unspecified atom stereocenters. The fraction of sp³-hybridized carbons (Fsp3) is 0.0741. The van der Waals surface area contributed by atoms with Gasteiger partial charge in [-0.25, -0.2) is 14.8 Å². The number of anilines is 1. The number of nitrogens with one attached hydrogen (secondary N) is 1. The van der Waals surface area contributed by atoms with Crippen molar-refractivity contribution in [3.63, 3.8) is 0 Å². The second-order valence-electron chi connectivity index (χ2n) is 7.70. The quantitative estimate of drug-likeness (QED) is 0.308. The smallest absolute Gasteiger partial charge is 0.339 e. The topological polar surface area (TPSA) is 103 Å². The van der Waals surface area contributed by atoms with Crippen molar-refractivity contribution in [3.8, 4) is 28.3 Å². The summed E-state index contributed by atoms with van der Waals surface area (Å²) in [7, 11) is 1.61. The van der Waals surface area contributed by atoms with Crippen LogP contribution in [0.5, 0.6) is 5.75 Å². The van der Waals surface area contributed by atoms with E-state index in [1.54, 1.807) is 31.6 Å². The number of benzene rings is 2. The van der Waals surface area contributed by atoms with E-state index in [-0.39, 0.29) is 0 Å². The Balaban J connectivity index is 1.28. The number of pyridine rings is 2. The molecule has 5 rings (SSSR count). The molecule has 0 atom stereocenters. The van der Waals surface area contributed by atoms with Crippen LogP contribution in [-0.2, 0) is 9.53 Å². The summed E-state index contributed by atoms with van der Waals surface area (Å²) in [6.45, 7) is -0.447. The molecule has 3 aromatic heterocycles. The van der Waals surface area contributed by atoms with Crippen molar-refractivity contribution in [2.45, 2.75) is 0 Å². The summed E-state index contributed by atoms with van der Waals surface area (Å²) in [5.41, 5.74) is 4.03. The van der Waals surface area contributed by atoms with E-state index in [2.05, 4.69) is 20.3 Å². The number of hydrogen-bond acceptors (Lipinski definition) is 8. The Morgan fingerprint density at radius 1 is 0.917 bits per heavy atom. The van der Waals surface area contributed by atoms with Crippen molar-refractivity contribution >= 4 is 39.2 Å². The first-order chi connectivity index (χ1) is 17.6. The lowest BCUT2D eigenvalue weighted by atomic mass is 10.0. The van der Waals surface area contributed by atoms with Gasteiger partial charge in [-0.15, -0.1) is 11.3 Å². The zero-order valence-corrected chi connectivity index (χ0v) is 20.0. The number of amides is 1. The maximum atomic E-state index is 13.0. The number of para-hydroxylation sites is 1. The van der Waals surface area contributed by atoms with E-state index in [4.69, 9.17) is 9.47 Å². The van der Waals surface area contributed by atoms with Crippen LogP contribution in [0.2, 0.25) is 0 Å². The zero-order valence-electron chi connectivity index (χ0n) is 19.2. The Hall–Kier alpha value is -4.63. The molecular weight excluding hydrogens is 476 g/mol. The van der Waals surface area contributed by atoms with Crippen LogP contribution in [-0.4, -0.2) is 40.5 Å². The lowest BCUT2D eigenvalue weighted by Gasteiger charge is -2.10. The van der Waals surface area contributed by atoms with Crippen molar-refractivity contribution < 1.29 is 19.1 Å². The molecule has 0 radical (unpaired) electrons. The Morgan fingerprint density at radius 3 is 2.44 bits per heavy atom. The van der Waals surface area contributed by atoms with Crippen molar-refractivity contribution in [3.05, 3.63) is 90.1 Å². The third kappa shape index (κ3) is 5.06. The number of rotatable bonds is 7. The molecule has 3 heterocycles. The molecule has 0 spiro atoms. The summed E-state index contributed by atoms with van der Waals surface area (Å²) in [5.74, 6) is -0.344. The highest BCUT2D eigenvalue weighted by atomic mass is 32.1. The van der Waals surface area contributed by atoms with Crippen LogP contribution < -0.4 is 10.1 Å². The van der Waals surface area contributed by atoms with E-state index < -0.39 is 18.5 Å². The van der Waals surface area contributed by atoms with Crippen LogP contribution in [0.15, 0.2) is 84.5 Å². The van der Waals surface area contributed by atoms with Gasteiger partial charge in [-0.2, -0.15) is 0 Å². The molecule has 0 aliphatic carbocycles. The number of thiazole rings is 1. The van der Waals surface area contributed by atoms with Crippen LogP contribution in [0.25, 0.3) is 33.4 Å². The van der Waals surface area contributed by atoms with Gasteiger partial charge in [-0.1, -0.05) is 18.2 Å². The Bertz CT molecular complexity index is 1540. The average Bonchev–Trinajstić information content (AvgIpc) is 3.40. The predicted molar refractivity (Wildman–Crippen MR) is 138 cm³/mol. The van der Waals surface area contributed by atoms with Gasteiger partial charge in [-0.3, -0.25) is 15.1 Å². The first-order valence-electron chi connectivity index (χ1n) is 11.0. The molecule has 8 nitrogen and oxygen atoms in total. The summed E-state index contributed by atoms with van der Waals surface area (Å²) >= 11 is 1.29. The number of carbonyl (C=O) groups excluding carboxylic acids is 2. The minimum absolute atomic E-state index is 0.330. The molecule has 0 aliphatic rings. The van der Waals surface area contributed by atoms with Crippen LogP contribution in [0.3, 0.4) is 0 Å². The number of esters is 1. The second kappa shape index (κ2) is 10.3. The highest BCUT2D eigenvalue weighted by molar-refractivity contribution is 7.14. The largest absolute Gasteiger partial charge is 0.497 e. The third-order valence-electron chi connectivity index (χ3n) is 5.38. The van der Waals surface area contributed by atoms with Crippen molar-refractivity contribution in [1.29, 1.82) is 0 Å². The molecule has 0 saturated heterocycles. The Labute approximate surface area is 210 Å². The number of carbonyl (C=O) groups is 2. The standard InChI is InChI=1S/C27H20N4O4S/c1-34-19-8-6-17(7-9-19)24-16-36-27(30-24)31-25(32)15-35-26(33)21-14-23(18-10-12-28-13-11-18)29-22-5-3-2-4-20(21)22/h2-14,16H,15H2,1H3,(H,30,31,32). The maximum Gasteiger partial charge on any atom is 0.339 e. The molecule has 9 heteroatoms. The van der Waals surface area contributed by atoms with Gasteiger partial charge in [0.15, 0.2) is 11.7 Å². The molecule has 1 amide bonds. The fourth-order valence-corrected chi connectivity index (χ4v) is 4.34. The van der Waals surface area contributed by atoms with Gasteiger partial charge in [0.05, 0.1) is 29.6 Å². The summed E-state index contributed by atoms with van der Waals surface area (Å²) in [5, 5.41) is 5.58. The van der Waals surface area contributed by atoms with Crippen molar-refractivity contribution in [1.82, 2.24) is 15.0 Å². The molecule has 0 bridgehead atoms. The highest BCUT2D eigenvalue weighted by Gasteiger charge is 2.17. The molecular formula is C27H20N4O4S. The van der Waals surface area contributed by atoms with E-state index in [0.717, 1.165) is 22.6 Å². The number of fused-ring (bicyclic) bond motifs is 1. The maximum absolute atomic E-state index is 13.0. The first kappa shape index (κ1) is 23.1. The van der Waals surface area contributed by atoms with Gasteiger partial charge in [0.1, 0.15) is 5.75 Å². The van der Waals surface area contributed by atoms with E-state index >= 15 is 0 Å². The normalized spacial score (nSPS) is 10.7. The number of hydrogen-bond donors (Lipinski definition) is 1.